The zero-order chi connectivity index (χ0) is 25.9. The number of carbonyl (C=O) groups excluding carboxylic acids is 1. The first-order valence-electron chi connectivity index (χ1n) is 13.2. The number of hydrogen-bond acceptors (Lipinski definition) is 6. The van der Waals surface area contributed by atoms with E-state index < -0.39 is 11.6 Å². The van der Waals surface area contributed by atoms with Gasteiger partial charge in [0.1, 0.15) is 11.5 Å². The van der Waals surface area contributed by atoms with Crippen LogP contribution in [0.15, 0.2) is 36.4 Å². The number of anilines is 2. The van der Waals surface area contributed by atoms with E-state index in [0.717, 1.165) is 43.6 Å². The predicted molar refractivity (Wildman–Crippen MR) is 141 cm³/mol. The molecule has 4 bridgehead atoms. The average Bonchev–Trinajstić information content (AvgIpc) is 2.85. The first-order valence-corrected chi connectivity index (χ1v) is 13.6. The van der Waals surface area contributed by atoms with E-state index in [2.05, 4.69) is 22.0 Å². The molecule has 5 aliphatic rings. The van der Waals surface area contributed by atoms with E-state index in [-0.39, 0.29) is 23.6 Å². The molecule has 7 rings (SSSR count). The van der Waals surface area contributed by atoms with Gasteiger partial charge in [0.05, 0.1) is 21.9 Å². The van der Waals surface area contributed by atoms with E-state index >= 15 is 0 Å². The van der Waals surface area contributed by atoms with Crippen LogP contribution < -0.4 is 15.1 Å². The van der Waals surface area contributed by atoms with Crippen LogP contribution in [0, 0.1) is 17.8 Å². The molecule has 9 heteroatoms. The summed E-state index contributed by atoms with van der Waals surface area (Å²) < 4.78 is 0. The largest absolute Gasteiger partial charge is 0.478 e. The van der Waals surface area contributed by atoms with Gasteiger partial charge in [-0.05, 0) is 87.1 Å². The van der Waals surface area contributed by atoms with Crippen molar-refractivity contribution < 1.29 is 19.8 Å². The Bertz CT molecular complexity index is 1220. The van der Waals surface area contributed by atoms with Crippen molar-refractivity contribution in [2.45, 2.75) is 56.7 Å². The second-order valence-corrected chi connectivity index (χ2v) is 11.9. The number of carboxylic acids is 1. The molecule has 0 spiro atoms. The maximum atomic E-state index is 13.3. The Kier molecular flexibility index (Phi) is 6.07. The molecular weight excluding hydrogens is 492 g/mol. The number of benzene rings is 1. The normalized spacial score (nSPS) is 32.5. The van der Waals surface area contributed by atoms with Gasteiger partial charge in [0.15, 0.2) is 0 Å². The monoisotopic (exact) mass is 524 g/mol. The first-order chi connectivity index (χ1) is 17.7. The van der Waals surface area contributed by atoms with Crippen LogP contribution in [0.1, 0.15) is 59.9 Å². The highest BCUT2D eigenvalue weighted by Gasteiger charge is 2.55. The number of aliphatic hydroxyl groups is 1. The van der Waals surface area contributed by atoms with Gasteiger partial charge in [0, 0.05) is 31.7 Å². The highest BCUT2D eigenvalue weighted by molar-refractivity contribution is 6.33. The smallest absolute Gasteiger partial charge is 0.335 e. The van der Waals surface area contributed by atoms with Gasteiger partial charge in [-0.3, -0.25) is 4.79 Å². The van der Waals surface area contributed by atoms with Gasteiger partial charge in [-0.1, -0.05) is 17.7 Å². The summed E-state index contributed by atoms with van der Waals surface area (Å²) in [4.78, 5) is 33.6. The third kappa shape index (κ3) is 4.55. The molecule has 0 radical (unpaired) electrons. The number of rotatable bonds is 5. The molecule has 1 aliphatic heterocycles. The van der Waals surface area contributed by atoms with Crippen LogP contribution in [-0.2, 0) is 0 Å². The second-order valence-electron chi connectivity index (χ2n) is 11.5. The lowest BCUT2D eigenvalue weighted by atomic mass is 9.52. The zero-order valence-corrected chi connectivity index (χ0v) is 21.7. The number of aromatic nitrogens is 1. The third-order valence-electron chi connectivity index (χ3n) is 8.96. The van der Waals surface area contributed by atoms with Crippen molar-refractivity contribution in [1.82, 2.24) is 10.3 Å². The lowest BCUT2D eigenvalue weighted by Crippen LogP contribution is -2.61. The van der Waals surface area contributed by atoms with Gasteiger partial charge in [-0.15, -0.1) is 0 Å². The van der Waals surface area contributed by atoms with Gasteiger partial charge in [-0.2, -0.15) is 0 Å². The average molecular weight is 525 g/mol. The molecule has 3 unspecified atom stereocenters. The third-order valence-corrected chi connectivity index (χ3v) is 9.27. The highest BCUT2D eigenvalue weighted by Crippen LogP contribution is 2.55. The molecule has 1 aromatic carbocycles. The van der Waals surface area contributed by atoms with Crippen LogP contribution in [0.3, 0.4) is 0 Å². The van der Waals surface area contributed by atoms with Crippen LogP contribution >= 0.6 is 11.6 Å². The molecular formula is C28H33ClN4O4. The number of carboxylic acid groups (broad SMARTS) is 1. The molecule has 1 amide bonds. The number of halogens is 1. The molecule has 196 valence electrons. The van der Waals surface area contributed by atoms with Crippen molar-refractivity contribution in [3.05, 3.63) is 52.7 Å². The predicted octanol–water partition coefficient (Wildman–Crippen LogP) is 3.82. The summed E-state index contributed by atoms with van der Waals surface area (Å²) in [5, 5.41) is 23.8. The Hall–Kier alpha value is -2.84. The zero-order valence-electron chi connectivity index (χ0n) is 20.9. The van der Waals surface area contributed by atoms with Gasteiger partial charge in [0.2, 0.25) is 0 Å². The van der Waals surface area contributed by atoms with Crippen molar-refractivity contribution >= 4 is 35.0 Å². The maximum Gasteiger partial charge on any atom is 0.335 e. The fraction of sp³-hybridized carbons (Fsp3) is 0.536. The first kappa shape index (κ1) is 24.5. The minimum Gasteiger partial charge on any atom is -0.478 e. The van der Waals surface area contributed by atoms with Crippen LogP contribution in [0.25, 0.3) is 0 Å². The van der Waals surface area contributed by atoms with Crippen molar-refractivity contribution in [3.63, 3.8) is 0 Å². The molecule has 1 saturated heterocycles. The second kappa shape index (κ2) is 9.17. The topological polar surface area (TPSA) is 106 Å². The summed E-state index contributed by atoms with van der Waals surface area (Å²) in [6, 6.07) is 10.7. The summed E-state index contributed by atoms with van der Waals surface area (Å²) in [5.74, 6) is 0.944. The Morgan fingerprint density at radius 1 is 1.11 bits per heavy atom. The Labute approximate surface area is 221 Å². The standard InChI is InChI=1S/C28H33ClN4O4/c1-16-15-32(23-6-5-18(27(35)36)11-21(23)29)7-8-33(16)24-4-2-3-22(30-24)26(34)31-25-19-9-17-10-20(25)14-28(37,12-17)13-19/h2-6,11,16-17,19-20,25,37H,7-10,12-15H2,1H3,(H,31,34)(H,35,36). The number of hydrogen-bond donors (Lipinski definition) is 3. The van der Waals surface area contributed by atoms with E-state index in [1.54, 1.807) is 18.2 Å². The van der Waals surface area contributed by atoms with Crippen LogP contribution in [0.5, 0.6) is 0 Å². The highest BCUT2D eigenvalue weighted by atomic mass is 35.5. The SMILES string of the molecule is CC1CN(c2ccc(C(=O)O)cc2Cl)CCN1c1cccc(C(=O)NC2C3CC4CC2CC(O)(C4)C3)n1. The minimum absolute atomic E-state index is 0.111. The van der Waals surface area contributed by atoms with Crippen LogP contribution in [-0.4, -0.2) is 64.4 Å². The number of piperazine rings is 1. The van der Waals surface area contributed by atoms with E-state index in [9.17, 15) is 19.8 Å². The minimum atomic E-state index is -0.998. The molecule has 3 N–H and O–H groups in total. The summed E-state index contributed by atoms with van der Waals surface area (Å²) >= 11 is 6.41. The fourth-order valence-electron chi connectivity index (χ4n) is 7.57. The van der Waals surface area contributed by atoms with Crippen molar-refractivity contribution in [3.8, 4) is 0 Å². The lowest BCUT2D eigenvalue weighted by molar-refractivity contribution is -0.136. The van der Waals surface area contributed by atoms with E-state index in [4.69, 9.17) is 16.6 Å². The molecule has 37 heavy (non-hydrogen) atoms. The van der Waals surface area contributed by atoms with Crippen LogP contribution in [0.4, 0.5) is 11.5 Å². The number of carbonyl (C=O) groups is 2. The molecule has 2 aromatic rings. The van der Waals surface area contributed by atoms with Crippen LogP contribution in [0.2, 0.25) is 5.02 Å². The fourth-order valence-corrected chi connectivity index (χ4v) is 7.87. The molecule has 5 fully saturated rings. The van der Waals surface area contributed by atoms with E-state index in [1.165, 1.54) is 6.07 Å². The van der Waals surface area contributed by atoms with Crippen molar-refractivity contribution in [1.29, 1.82) is 0 Å². The molecule has 1 aromatic heterocycles. The maximum absolute atomic E-state index is 13.3. The number of nitrogens with one attached hydrogen (secondary N) is 1. The molecule has 8 nitrogen and oxygen atoms in total. The summed E-state index contributed by atoms with van der Waals surface area (Å²) in [5.41, 5.74) is 0.896. The number of amides is 1. The lowest BCUT2D eigenvalue weighted by Gasteiger charge is -2.58. The van der Waals surface area contributed by atoms with Crippen molar-refractivity contribution in [2.75, 3.05) is 29.4 Å². The molecule has 4 saturated carbocycles. The summed E-state index contributed by atoms with van der Waals surface area (Å²) in [6.07, 6.45) is 4.71. The molecule has 3 atom stereocenters. The summed E-state index contributed by atoms with van der Waals surface area (Å²) in [7, 11) is 0. The number of aromatic carboxylic acids is 1. The molecule has 4 aliphatic carbocycles. The van der Waals surface area contributed by atoms with Gasteiger partial charge in [0.25, 0.3) is 5.91 Å². The van der Waals surface area contributed by atoms with Gasteiger partial charge < -0.3 is 25.3 Å². The Morgan fingerprint density at radius 2 is 1.86 bits per heavy atom. The quantitative estimate of drug-likeness (QED) is 0.546. The van der Waals surface area contributed by atoms with Gasteiger partial charge in [-0.25, -0.2) is 9.78 Å². The Morgan fingerprint density at radius 3 is 2.51 bits per heavy atom. The molecule has 2 heterocycles. The summed E-state index contributed by atoms with van der Waals surface area (Å²) in [6.45, 7) is 4.20. The van der Waals surface area contributed by atoms with E-state index in [0.29, 0.717) is 48.1 Å². The van der Waals surface area contributed by atoms with Crippen molar-refractivity contribution in [2.24, 2.45) is 17.8 Å². The number of pyridine rings is 1. The number of nitrogens with zero attached hydrogens (tertiary/aromatic N) is 3. The van der Waals surface area contributed by atoms with E-state index in [1.807, 2.05) is 12.1 Å². The van der Waals surface area contributed by atoms with Gasteiger partial charge >= 0.3 is 5.97 Å². The Balaban J connectivity index is 1.13.